The molecule has 1 unspecified atom stereocenters. The van der Waals surface area contributed by atoms with Crippen LogP contribution >= 0.6 is 12.4 Å². The van der Waals surface area contributed by atoms with Crippen molar-refractivity contribution in [3.8, 4) is 0 Å². The van der Waals surface area contributed by atoms with Crippen molar-refractivity contribution in [2.24, 2.45) is 5.73 Å². The Balaban J connectivity index is 0. The van der Waals surface area contributed by atoms with Crippen LogP contribution in [0, 0.1) is 0 Å². The molecule has 0 saturated heterocycles. The van der Waals surface area contributed by atoms with Crippen molar-refractivity contribution in [3.63, 3.8) is 0 Å². The van der Waals surface area contributed by atoms with Gasteiger partial charge < -0.3 is 5.73 Å². The highest BCUT2D eigenvalue weighted by atomic mass is 35.5. The molecule has 0 radical (unpaired) electrons. The van der Waals surface area contributed by atoms with Gasteiger partial charge in [0.05, 0.1) is 0 Å². The summed E-state index contributed by atoms with van der Waals surface area (Å²) < 4.78 is 0. The molecule has 0 aromatic heterocycles. The molecule has 1 nitrogen and oxygen atoms in total. The maximum absolute atomic E-state index is 6.00. The molecule has 2 heteroatoms. The largest absolute Gasteiger partial charge is 0.328 e. The van der Waals surface area contributed by atoms with Gasteiger partial charge in [0.1, 0.15) is 0 Å². The van der Waals surface area contributed by atoms with Gasteiger partial charge in [-0.05, 0) is 38.5 Å². The lowest BCUT2D eigenvalue weighted by Crippen LogP contribution is -2.18. The Bertz CT molecular complexity index is 192. The summed E-state index contributed by atoms with van der Waals surface area (Å²) in [6.07, 6.45) is 21.9. The van der Waals surface area contributed by atoms with E-state index in [4.69, 9.17) is 5.73 Å². The number of nitrogens with two attached hydrogens (primary N) is 1. The summed E-state index contributed by atoms with van der Waals surface area (Å²) in [6, 6.07) is 0.442. The van der Waals surface area contributed by atoms with Gasteiger partial charge in [0.15, 0.2) is 0 Å². The molecule has 0 bridgehead atoms. The van der Waals surface area contributed by atoms with E-state index < -0.39 is 0 Å². The first-order chi connectivity index (χ1) is 9.31. The summed E-state index contributed by atoms with van der Waals surface area (Å²) >= 11 is 0. The molecule has 2 N–H and O–H groups in total. The molecule has 0 amide bonds. The van der Waals surface area contributed by atoms with E-state index in [1.807, 2.05) is 0 Å². The quantitative estimate of drug-likeness (QED) is 0.291. The zero-order valence-corrected chi connectivity index (χ0v) is 14.7. The van der Waals surface area contributed by atoms with Crippen LogP contribution in [0.5, 0.6) is 0 Å². The average Bonchev–Trinajstić information content (AvgIpc) is 2.40. The van der Waals surface area contributed by atoms with Crippen molar-refractivity contribution in [3.05, 3.63) is 12.2 Å². The van der Waals surface area contributed by atoms with E-state index in [1.54, 1.807) is 0 Å². The van der Waals surface area contributed by atoms with E-state index in [9.17, 15) is 0 Å². The minimum Gasteiger partial charge on any atom is -0.328 e. The topological polar surface area (TPSA) is 26.0 Å². The van der Waals surface area contributed by atoms with E-state index >= 15 is 0 Å². The molecule has 0 fully saturated rings. The molecular weight excluding hydrogens is 266 g/mol. The van der Waals surface area contributed by atoms with Crippen LogP contribution in [-0.4, -0.2) is 6.04 Å². The summed E-state index contributed by atoms with van der Waals surface area (Å²) in [6.45, 7) is 4.49. The summed E-state index contributed by atoms with van der Waals surface area (Å²) in [5.41, 5.74) is 6.00. The molecule has 0 aliphatic heterocycles. The highest BCUT2D eigenvalue weighted by molar-refractivity contribution is 5.85. The molecule has 0 aromatic carbocycles. The Morgan fingerprint density at radius 1 is 0.700 bits per heavy atom. The van der Waals surface area contributed by atoms with Crippen molar-refractivity contribution in [1.29, 1.82) is 0 Å². The number of unbranched alkanes of at least 4 members (excludes halogenated alkanes) is 8. The first kappa shape index (κ1) is 22.3. The van der Waals surface area contributed by atoms with Crippen molar-refractivity contribution in [1.82, 2.24) is 0 Å². The second kappa shape index (κ2) is 19.0. The van der Waals surface area contributed by atoms with Crippen LogP contribution < -0.4 is 5.73 Å². The molecule has 0 spiro atoms. The number of halogens is 1. The highest BCUT2D eigenvalue weighted by Gasteiger charge is 1.99. The predicted molar refractivity (Wildman–Crippen MR) is 95.7 cm³/mol. The Morgan fingerprint density at radius 3 is 1.85 bits per heavy atom. The van der Waals surface area contributed by atoms with Gasteiger partial charge in [0.2, 0.25) is 0 Å². The Hall–Kier alpha value is -0.0100. The first-order valence-electron chi connectivity index (χ1n) is 8.71. The third-order valence-corrected chi connectivity index (χ3v) is 3.75. The lowest BCUT2D eigenvalue weighted by atomic mass is 10.0. The van der Waals surface area contributed by atoms with Gasteiger partial charge in [-0.2, -0.15) is 0 Å². The molecule has 0 aliphatic rings. The van der Waals surface area contributed by atoms with Crippen LogP contribution in [-0.2, 0) is 0 Å². The third-order valence-electron chi connectivity index (χ3n) is 3.75. The molecule has 20 heavy (non-hydrogen) atoms. The predicted octanol–water partition coefficient (Wildman–Crippen LogP) is 6.40. The summed E-state index contributed by atoms with van der Waals surface area (Å²) in [5.74, 6) is 0. The molecule has 0 saturated carbocycles. The Labute approximate surface area is 134 Å². The summed E-state index contributed by atoms with van der Waals surface area (Å²) in [5, 5.41) is 0. The SMILES string of the molecule is CCCCCCCC/C=C\CCCCC(N)CCC.Cl. The number of allylic oxidation sites excluding steroid dienone is 2. The van der Waals surface area contributed by atoms with Crippen LogP contribution in [0.1, 0.15) is 97.3 Å². The molecule has 0 aromatic rings. The standard InChI is InChI=1S/C18H37N.ClH/c1-3-5-6-7-8-9-10-11-12-13-14-15-17-18(19)16-4-2;/h11-12,18H,3-10,13-17,19H2,1-2H3;1H/b12-11-;. The van der Waals surface area contributed by atoms with Gasteiger partial charge in [-0.15, -0.1) is 12.4 Å². The highest BCUT2D eigenvalue weighted by Crippen LogP contribution is 2.09. The smallest absolute Gasteiger partial charge is 0.00387 e. The maximum atomic E-state index is 6.00. The number of hydrogen-bond donors (Lipinski definition) is 1. The van der Waals surface area contributed by atoms with Crippen LogP contribution in [0.2, 0.25) is 0 Å². The van der Waals surface area contributed by atoms with E-state index in [2.05, 4.69) is 26.0 Å². The lowest BCUT2D eigenvalue weighted by molar-refractivity contribution is 0.528. The summed E-state index contributed by atoms with van der Waals surface area (Å²) in [4.78, 5) is 0. The maximum Gasteiger partial charge on any atom is 0.00387 e. The van der Waals surface area contributed by atoms with Crippen LogP contribution in [0.25, 0.3) is 0 Å². The molecular formula is C18H38ClN. The molecule has 0 aliphatic carbocycles. The average molecular weight is 304 g/mol. The van der Waals surface area contributed by atoms with Gasteiger partial charge in [-0.1, -0.05) is 70.9 Å². The monoisotopic (exact) mass is 303 g/mol. The van der Waals surface area contributed by atoms with Gasteiger partial charge in [0.25, 0.3) is 0 Å². The van der Waals surface area contributed by atoms with E-state index in [0.29, 0.717) is 6.04 Å². The van der Waals surface area contributed by atoms with E-state index in [-0.39, 0.29) is 12.4 Å². The normalized spacial score (nSPS) is 12.6. The minimum atomic E-state index is 0. The molecule has 0 heterocycles. The zero-order valence-electron chi connectivity index (χ0n) is 13.9. The second-order valence-corrected chi connectivity index (χ2v) is 5.86. The van der Waals surface area contributed by atoms with Gasteiger partial charge in [0, 0.05) is 6.04 Å². The second-order valence-electron chi connectivity index (χ2n) is 5.86. The van der Waals surface area contributed by atoms with Crippen LogP contribution in [0.15, 0.2) is 12.2 Å². The molecule has 122 valence electrons. The fourth-order valence-corrected chi connectivity index (χ4v) is 2.46. The minimum absolute atomic E-state index is 0. The van der Waals surface area contributed by atoms with Crippen molar-refractivity contribution < 1.29 is 0 Å². The number of rotatable bonds is 14. The fourth-order valence-electron chi connectivity index (χ4n) is 2.46. The zero-order chi connectivity index (χ0) is 14.2. The van der Waals surface area contributed by atoms with E-state index in [1.165, 1.54) is 83.5 Å². The Morgan fingerprint density at radius 2 is 1.25 bits per heavy atom. The first-order valence-corrected chi connectivity index (χ1v) is 8.71. The van der Waals surface area contributed by atoms with Crippen LogP contribution in [0.3, 0.4) is 0 Å². The van der Waals surface area contributed by atoms with Crippen molar-refractivity contribution in [2.75, 3.05) is 0 Å². The fraction of sp³-hybridized carbons (Fsp3) is 0.889. The summed E-state index contributed by atoms with van der Waals surface area (Å²) in [7, 11) is 0. The third kappa shape index (κ3) is 18.0. The molecule has 1 atom stereocenters. The lowest BCUT2D eigenvalue weighted by Gasteiger charge is -2.08. The van der Waals surface area contributed by atoms with Crippen LogP contribution in [0.4, 0.5) is 0 Å². The number of hydrogen-bond acceptors (Lipinski definition) is 1. The van der Waals surface area contributed by atoms with Gasteiger partial charge >= 0.3 is 0 Å². The molecule has 0 rings (SSSR count). The van der Waals surface area contributed by atoms with Gasteiger partial charge in [-0.3, -0.25) is 0 Å². The Kier molecular flexibility index (Phi) is 21.1. The van der Waals surface area contributed by atoms with Crippen molar-refractivity contribution >= 4 is 12.4 Å². The van der Waals surface area contributed by atoms with Gasteiger partial charge in [-0.25, -0.2) is 0 Å². The van der Waals surface area contributed by atoms with Crippen molar-refractivity contribution in [2.45, 2.75) is 103 Å². The van der Waals surface area contributed by atoms with E-state index in [0.717, 1.165) is 0 Å².